The van der Waals surface area contributed by atoms with E-state index >= 15 is 0 Å². The highest BCUT2D eigenvalue weighted by molar-refractivity contribution is 7.90. The quantitative estimate of drug-likeness (QED) is 0.457. The largest absolute Gasteiger partial charge is 0.464 e. The summed E-state index contributed by atoms with van der Waals surface area (Å²) in [6.07, 6.45) is 2.55. The lowest BCUT2D eigenvalue weighted by Crippen LogP contribution is -2.29. The number of hydrogen-bond donors (Lipinski definition) is 3. The zero-order chi connectivity index (χ0) is 24.4. The molecule has 2 aromatic carbocycles. The zero-order valence-corrected chi connectivity index (χ0v) is 19.9. The minimum atomic E-state index is -4.25. The first-order valence-electron chi connectivity index (χ1n) is 10.6. The molecule has 176 valence electrons. The summed E-state index contributed by atoms with van der Waals surface area (Å²) >= 11 is 0. The minimum absolute atomic E-state index is 0.0934. The van der Waals surface area contributed by atoms with E-state index in [1.807, 2.05) is 28.8 Å². The predicted molar refractivity (Wildman–Crippen MR) is 125 cm³/mol. The van der Waals surface area contributed by atoms with E-state index in [1.165, 1.54) is 6.07 Å². The van der Waals surface area contributed by atoms with Crippen LogP contribution in [-0.4, -0.2) is 34.3 Å². The second-order valence-corrected chi connectivity index (χ2v) is 10.6. The summed E-state index contributed by atoms with van der Waals surface area (Å²) in [5, 5.41) is 19.3. The first-order valence-corrected chi connectivity index (χ1v) is 12.1. The van der Waals surface area contributed by atoms with Gasteiger partial charge >= 0.3 is 6.09 Å². The van der Waals surface area contributed by atoms with Crippen LogP contribution in [-0.2, 0) is 28.6 Å². The molecule has 3 N–H and O–H groups in total. The van der Waals surface area contributed by atoms with Gasteiger partial charge in [0.05, 0.1) is 4.90 Å². The van der Waals surface area contributed by atoms with Crippen LogP contribution in [0.2, 0.25) is 0 Å². The van der Waals surface area contributed by atoms with Crippen molar-refractivity contribution in [2.75, 3.05) is 0 Å². The Hall–Kier alpha value is -3.17. The third-order valence-electron chi connectivity index (χ3n) is 5.08. The van der Waals surface area contributed by atoms with E-state index < -0.39 is 21.7 Å². The average molecular weight is 472 g/mol. The third kappa shape index (κ3) is 6.00. The van der Waals surface area contributed by atoms with E-state index in [0.717, 1.165) is 17.5 Å². The summed E-state index contributed by atoms with van der Waals surface area (Å²) in [5.41, 5.74) is 1.91. The molecule has 9 heteroatoms. The molecule has 0 spiro atoms. The molecule has 8 nitrogen and oxygen atoms in total. The number of carboxylic acid groups (broad SMARTS) is 1. The Bertz CT molecular complexity index is 1240. The van der Waals surface area contributed by atoms with E-state index in [-0.39, 0.29) is 4.90 Å². The van der Waals surface area contributed by atoms with Crippen molar-refractivity contribution >= 4 is 16.1 Å². The average Bonchev–Trinajstić information content (AvgIpc) is 3.15. The van der Waals surface area contributed by atoms with E-state index in [2.05, 4.69) is 18.8 Å². The zero-order valence-electron chi connectivity index (χ0n) is 19.1. The maximum absolute atomic E-state index is 12.7. The van der Waals surface area contributed by atoms with Gasteiger partial charge in [0.1, 0.15) is 11.4 Å². The van der Waals surface area contributed by atoms with Crippen molar-refractivity contribution in [3.63, 3.8) is 0 Å². The lowest BCUT2D eigenvalue weighted by Gasteiger charge is -2.19. The van der Waals surface area contributed by atoms with E-state index in [0.29, 0.717) is 29.4 Å². The monoisotopic (exact) mass is 471 g/mol. The number of aromatic nitrogens is 2. The molecule has 0 aliphatic carbocycles. The highest BCUT2D eigenvalue weighted by atomic mass is 32.2. The van der Waals surface area contributed by atoms with Crippen molar-refractivity contribution in [1.82, 2.24) is 14.3 Å². The van der Waals surface area contributed by atoms with E-state index in [4.69, 9.17) is 5.11 Å². The molecule has 0 radical (unpaired) electrons. The smallest absolute Gasteiger partial charge is 0.418 e. The summed E-state index contributed by atoms with van der Waals surface area (Å²) in [5.74, 6) is 0.918. The van der Waals surface area contributed by atoms with Gasteiger partial charge in [0, 0.05) is 24.5 Å². The van der Waals surface area contributed by atoms with Crippen molar-refractivity contribution in [1.29, 1.82) is 0 Å². The Labute approximate surface area is 194 Å². The molecule has 0 aliphatic rings. The van der Waals surface area contributed by atoms with Crippen LogP contribution in [0.5, 0.6) is 0 Å². The summed E-state index contributed by atoms with van der Waals surface area (Å²) in [6, 6.07) is 12.3. The van der Waals surface area contributed by atoms with Gasteiger partial charge in [0.15, 0.2) is 0 Å². The van der Waals surface area contributed by atoms with Crippen LogP contribution < -0.4 is 4.72 Å². The van der Waals surface area contributed by atoms with Gasteiger partial charge in [-0.3, -0.25) is 0 Å². The van der Waals surface area contributed by atoms with Gasteiger partial charge in [-0.05, 0) is 55.0 Å². The maximum Gasteiger partial charge on any atom is 0.418 e. The van der Waals surface area contributed by atoms with Crippen molar-refractivity contribution < 1.29 is 23.4 Å². The first-order chi connectivity index (χ1) is 15.4. The lowest BCUT2D eigenvalue weighted by atomic mass is 9.97. The number of nitrogens with zero attached hydrogens (tertiary/aromatic N) is 2. The maximum atomic E-state index is 12.7. The van der Waals surface area contributed by atoms with Gasteiger partial charge in [-0.25, -0.2) is 22.9 Å². The molecule has 3 rings (SSSR count). The molecular formula is C24H29N3O5S. The molecule has 0 unspecified atom stereocenters. The number of sulfonamides is 1. The first kappa shape index (κ1) is 24.5. The fourth-order valence-electron chi connectivity index (χ4n) is 3.76. The molecule has 1 amide bonds. The van der Waals surface area contributed by atoms with Crippen molar-refractivity contribution in [2.24, 2.45) is 5.92 Å². The van der Waals surface area contributed by atoms with Crippen LogP contribution in [0, 0.1) is 5.92 Å². The summed E-state index contributed by atoms with van der Waals surface area (Å²) in [7, 11) is -4.25. The van der Waals surface area contributed by atoms with Crippen LogP contribution in [0.1, 0.15) is 44.6 Å². The Morgan fingerprint density at radius 3 is 2.33 bits per heavy atom. The Morgan fingerprint density at radius 1 is 1.12 bits per heavy atom. The molecule has 0 atom stereocenters. The molecular weight excluding hydrogens is 442 g/mol. The van der Waals surface area contributed by atoms with Gasteiger partial charge in [-0.2, -0.15) is 0 Å². The number of imidazole rings is 1. The molecule has 0 bridgehead atoms. The standard InChI is InChI=1S/C24H29N3O5S/c1-16(2)13-18-7-10-21(33(31,32)26-23(28)29)20(14-18)19-8-5-17(6-9-19)15-27-12-11-25-22(27)24(3,4)30/h5-12,14,16,26,30H,13,15H2,1-4H3,(H,28,29). The SMILES string of the molecule is CC(C)Cc1ccc(S(=O)(=O)NC(=O)O)c(-c2ccc(Cn3ccnc3C(C)(C)O)cc2)c1. The van der Waals surface area contributed by atoms with Crippen molar-refractivity contribution in [2.45, 2.75) is 51.2 Å². The van der Waals surface area contributed by atoms with Crippen LogP contribution in [0.15, 0.2) is 59.8 Å². The highest BCUT2D eigenvalue weighted by Gasteiger charge is 2.23. The molecule has 0 saturated heterocycles. The Balaban J connectivity index is 1.99. The second kappa shape index (κ2) is 9.36. The topological polar surface area (TPSA) is 122 Å². The van der Waals surface area contributed by atoms with E-state index in [9.17, 15) is 18.3 Å². The Morgan fingerprint density at radius 2 is 1.76 bits per heavy atom. The second-order valence-electron chi connectivity index (χ2n) is 8.97. The normalized spacial score (nSPS) is 12.2. The number of aliphatic hydroxyl groups is 1. The number of carbonyl (C=O) groups is 1. The lowest BCUT2D eigenvalue weighted by molar-refractivity contribution is 0.0652. The Kier molecular flexibility index (Phi) is 6.94. The van der Waals surface area contributed by atoms with Crippen LogP contribution >= 0.6 is 0 Å². The van der Waals surface area contributed by atoms with Crippen LogP contribution in [0.3, 0.4) is 0 Å². The summed E-state index contributed by atoms with van der Waals surface area (Å²) in [6.45, 7) is 7.98. The number of benzene rings is 2. The predicted octanol–water partition coefficient (Wildman–Crippen LogP) is 3.98. The van der Waals surface area contributed by atoms with Crippen LogP contribution in [0.4, 0.5) is 4.79 Å². The minimum Gasteiger partial charge on any atom is -0.464 e. The number of nitrogens with one attached hydrogen (secondary N) is 1. The van der Waals surface area contributed by atoms with Crippen molar-refractivity contribution in [3.8, 4) is 11.1 Å². The molecule has 33 heavy (non-hydrogen) atoms. The molecule has 0 saturated carbocycles. The highest BCUT2D eigenvalue weighted by Crippen LogP contribution is 2.30. The summed E-state index contributed by atoms with van der Waals surface area (Å²) < 4.78 is 28.8. The van der Waals surface area contributed by atoms with E-state index in [1.54, 1.807) is 43.1 Å². The number of hydrogen-bond acceptors (Lipinski definition) is 5. The van der Waals surface area contributed by atoms with Crippen molar-refractivity contribution in [3.05, 3.63) is 71.8 Å². The molecule has 1 heterocycles. The molecule has 1 aromatic heterocycles. The van der Waals surface area contributed by atoms with Gasteiger partial charge in [-0.15, -0.1) is 0 Å². The molecule has 0 fully saturated rings. The third-order valence-corrected chi connectivity index (χ3v) is 6.46. The number of amides is 1. The molecule has 3 aromatic rings. The number of rotatable bonds is 8. The van der Waals surface area contributed by atoms with Gasteiger partial charge < -0.3 is 14.8 Å². The van der Waals surface area contributed by atoms with Gasteiger partial charge in [-0.1, -0.05) is 44.2 Å². The summed E-state index contributed by atoms with van der Waals surface area (Å²) in [4.78, 5) is 15.2. The van der Waals surface area contributed by atoms with Gasteiger partial charge in [0.2, 0.25) is 0 Å². The molecule has 0 aliphatic heterocycles. The fraction of sp³-hybridized carbons (Fsp3) is 0.333. The van der Waals surface area contributed by atoms with Crippen LogP contribution in [0.25, 0.3) is 11.1 Å². The van der Waals surface area contributed by atoms with Gasteiger partial charge in [0.25, 0.3) is 10.0 Å². The fourth-order valence-corrected chi connectivity index (χ4v) is 4.81.